The molecule has 1 saturated heterocycles. The van der Waals surface area contributed by atoms with Crippen LogP contribution in [0.3, 0.4) is 0 Å². The molecule has 0 aromatic carbocycles. The molecule has 0 unspecified atom stereocenters. The zero-order valence-corrected chi connectivity index (χ0v) is 19.8. The number of piperidine rings is 1. The van der Waals surface area contributed by atoms with Crippen molar-refractivity contribution in [3.8, 4) is 22.6 Å². The van der Waals surface area contributed by atoms with Gasteiger partial charge >= 0.3 is 0 Å². The SMILES string of the molecule is C=C(CC)Nc1cncc(-c2ccc3[nH]nc(-c4cc5c(N6CCCCC6)ccnc5[nH]4)c3n2)c1. The smallest absolute Gasteiger partial charge is 0.139 e. The zero-order valence-electron chi connectivity index (χ0n) is 19.8. The van der Waals surface area contributed by atoms with E-state index in [2.05, 4.69) is 61.0 Å². The van der Waals surface area contributed by atoms with Gasteiger partial charge in [0.15, 0.2) is 0 Å². The van der Waals surface area contributed by atoms with Crippen LogP contribution in [0.5, 0.6) is 0 Å². The van der Waals surface area contributed by atoms with Crippen molar-refractivity contribution in [3.63, 3.8) is 0 Å². The number of fused-ring (bicyclic) bond motifs is 2. The van der Waals surface area contributed by atoms with E-state index in [9.17, 15) is 0 Å². The van der Waals surface area contributed by atoms with E-state index >= 15 is 0 Å². The summed E-state index contributed by atoms with van der Waals surface area (Å²) in [6.07, 6.45) is 10.1. The third-order valence-corrected chi connectivity index (χ3v) is 6.65. The predicted molar refractivity (Wildman–Crippen MR) is 141 cm³/mol. The summed E-state index contributed by atoms with van der Waals surface area (Å²) >= 11 is 0. The highest BCUT2D eigenvalue weighted by Crippen LogP contribution is 2.33. The molecule has 6 rings (SSSR count). The second-order valence-corrected chi connectivity index (χ2v) is 9.03. The van der Waals surface area contributed by atoms with E-state index < -0.39 is 0 Å². The van der Waals surface area contributed by atoms with Crippen LogP contribution in [0.25, 0.3) is 44.7 Å². The number of nitrogens with zero attached hydrogens (tertiary/aromatic N) is 5. The Morgan fingerprint density at radius 3 is 2.86 bits per heavy atom. The summed E-state index contributed by atoms with van der Waals surface area (Å²) in [4.78, 5) is 19.9. The van der Waals surface area contributed by atoms with Crippen molar-refractivity contribution in [2.75, 3.05) is 23.3 Å². The molecule has 1 fully saturated rings. The Balaban J connectivity index is 1.39. The van der Waals surface area contributed by atoms with Crippen molar-refractivity contribution in [1.82, 2.24) is 30.1 Å². The maximum absolute atomic E-state index is 4.97. The number of aromatic amines is 2. The number of nitrogens with one attached hydrogen (secondary N) is 3. The molecule has 5 aromatic rings. The zero-order chi connectivity index (χ0) is 23.8. The molecular formula is C27H28N8. The summed E-state index contributed by atoms with van der Waals surface area (Å²) in [7, 11) is 0. The lowest BCUT2D eigenvalue weighted by Crippen LogP contribution is -2.29. The fourth-order valence-electron chi connectivity index (χ4n) is 4.74. The average molecular weight is 465 g/mol. The molecule has 8 nitrogen and oxygen atoms in total. The van der Waals surface area contributed by atoms with Crippen LogP contribution in [0.1, 0.15) is 32.6 Å². The van der Waals surface area contributed by atoms with E-state index in [1.807, 2.05) is 30.6 Å². The van der Waals surface area contributed by atoms with Gasteiger partial charge in [-0.25, -0.2) is 9.97 Å². The number of rotatable bonds is 6. The van der Waals surface area contributed by atoms with Crippen LogP contribution in [0, 0.1) is 0 Å². The van der Waals surface area contributed by atoms with Crippen LogP contribution in [-0.4, -0.2) is 43.2 Å². The minimum atomic E-state index is 0.783. The number of anilines is 2. The molecular weight excluding hydrogens is 436 g/mol. The van der Waals surface area contributed by atoms with Crippen molar-refractivity contribution in [3.05, 3.63) is 61.2 Å². The summed E-state index contributed by atoms with van der Waals surface area (Å²) in [5.74, 6) is 0. The molecule has 0 atom stereocenters. The van der Waals surface area contributed by atoms with E-state index in [-0.39, 0.29) is 0 Å². The Bertz CT molecular complexity index is 1520. The first-order chi connectivity index (χ1) is 17.2. The molecule has 0 radical (unpaired) electrons. The Labute approximate surface area is 203 Å². The Hall–Kier alpha value is -4.20. The molecule has 0 spiro atoms. The molecule has 0 amide bonds. The van der Waals surface area contributed by atoms with Gasteiger partial charge in [0.2, 0.25) is 0 Å². The maximum atomic E-state index is 4.97. The van der Waals surface area contributed by atoms with Gasteiger partial charge in [0, 0.05) is 47.8 Å². The van der Waals surface area contributed by atoms with E-state index in [1.54, 1.807) is 6.20 Å². The van der Waals surface area contributed by atoms with Crippen molar-refractivity contribution in [1.29, 1.82) is 0 Å². The van der Waals surface area contributed by atoms with Gasteiger partial charge in [-0.15, -0.1) is 0 Å². The molecule has 0 bridgehead atoms. The van der Waals surface area contributed by atoms with Crippen molar-refractivity contribution in [2.24, 2.45) is 0 Å². The third-order valence-electron chi connectivity index (χ3n) is 6.65. The Morgan fingerprint density at radius 2 is 2.00 bits per heavy atom. The normalized spacial score (nSPS) is 14.0. The number of allylic oxidation sites excluding steroid dienone is 1. The fourth-order valence-corrected chi connectivity index (χ4v) is 4.74. The summed E-state index contributed by atoms with van der Waals surface area (Å²) in [6, 6.07) is 10.3. The molecule has 3 N–H and O–H groups in total. The summed E-state index contributed by atoms with van der Waals surface area (Å²) in [6.45, 7) is 8.27. The van der Waals surface area contributed by atoms with Gasteiger partial charge in [-0.1, -0.05) is 13.5 Å². The monoisotopic (exact) mass is 464 g/mol. The second kappa shape index (κ2) is 8.87. The van der Waals surface area contributed by atoms with Crippen molar-refractivity contribution in [2.45, 2.75) is 32.6 Å². The minimum absolute atomic E-state index is 0.783. The predicted octanol–water partition coefficient (Wildman–Crippen LogP) is 5.89. The van der Waals surface area contributed by atoms with E-state index in [1.165, 1.54) is 24.9 Å². The fraction of sp³-hybridized carbons (Fsp3) is 0.259. The quantitative estimate of drug-likeness (QED) is 0.290. The summed E-state index contributed by atoms with van der Waals surface area (Å²) in [5.41, 5.74) is 9.09. The minimum Gasteiger partial charge on any atom is -0.371 e. The molecule has 1 aliphatic rings. The van der Waals surface area contributed by atoms with Crippen LogP contribution in [0.2, 0.25) is 0 Å². The van der Waals surface area contributed by atoms with Gasteiger partial charge in [-0.3, -0.25) is 10.1 Å². The van der Waals surface area contributed by atoms with E-state index in [0.29, 0.717) is 0 Å². The van der Waals surface area contributed by atoms with Gasteiger partial charge in [0.25, 0.3) is 0 Å². The van der Waals surface area contributed by atoms with Gasteiger partial charge in [-0.05, 0) is 56.0 Å². The first-order valence-corrected chi connectivity index (χ1v) is 12.2. The molecule has 176 valence electrons. The van der Waals surface area contributed by atoms with Crippen LogP contribution >= 0.6 is 0 Å². The Kier molecular flexibility index (Phi) is 5.41. The van der Waals surface area contributed by atoms with E-state index in [0.717, 1.165) is 75.6 Å². The number of H-pyrrole nitrogens is 2. The van der Waals surface area contributed by atoms with Crippen LogP contribution in [0.4, 0.5) is 11.4 Å². The van der Waals surface area contributed by atoms with Crippen molar-refractivity contribution < 1.29 is 0 Å². The van der Waals surface area contributed by atoms with Gasteiger partial charge in [0.05, 0.1) is 28.8 Å². The highest BCUT2D eigenvalue weighted by molar-refractivity contribution is 5.97. The number of aromatic nitrogens is 6. The Morgan fingerprint density at radius 1 is 1.11 bits per heavy atom. The molecule has 8 heteroatoms. The number of hydrogen-bond donors (Lipinski definition) is 3. The van der Waals surface area contributed by atoms with Crippen LogP contribution in [-0.2, 0) is 0 Å². The lowest BCUT2D eigenvalue weighted by atomic mass is 10.1. The van der Waals surface area contributed by atoms with Crippen LogP contribution < -0.4 is 10.2 Å². The summed E-state index contributed by atoms with van der Waals surface area (Å²) < 4.78 is 0. The number of pyridine rings is 3. The maximum Gasteiger partial charge on any atom is 0.139 e. The standard InChI is InChI=1S/C27H28N8/c1-3-17(2)30-19-13-18(15-28-16-19)21-7-8-22-25(31-21)26(34-33-22)23-14-20-24(9-10-29-27(20)32-23)35-11-5-4-6-12-35/h7-10,13-16,30H,2-6,11-12H2,1H3,(H,29,32)(H,33,34). The van der Waals surface area contributed by atoms with Crippen molar-refractivity contribution >= 4 is 33.4 Å². The van der Waals surface area contributed by atoms with Gasteiger partial charge in [0.1, 0.15) is 16.9 Å². The molecule has 0 aliphatic carbocycles. The summed E-state index contributed by atoms with van der Waals surface area (Å²) in [5, 5.41) is 12.2. The third kappa shape index (κ3) is 4.01. The lowest BCUT2D eigenvalue weighted by Gasteiger charge is -2.29. The first-order valence-electron chi connectivity index (χ1n) is 12.2. The molecule has 0 saturated carbocycles. The number of hydrogen-bond acceptors (Lipinski definition) is 6. The van der Waals surface area contributed by atoms with E-state index in [4.69, 9.17) is 4.98 Å². The van der Waals surface area contributed by atoms with Crippen LogP contribution in [0.15, 0.2) is 61.2 Å². The van der Waals surface area contributed by atoms with Gasteiger partial charge in [-0.2, -0.15) is 5.10 Å². The molecule has 6 heterocycles. The second-order valence-electron chi connectivity index (χ2n) is 9.03. The highest BCUT2D eigenvalue weighted by atomic mass is 15.1. The topological polar surface area (TPSA) is 98.4 Å². The first kappa shape index (κ1) is 21.3. The van der Waals surface area contributed by atoms with Gasteiger partial charge < -0.3 is 15.2 Å². The molecule has 1 aliphatic heterocycles. The molecule has 35 heavy (non-hydrogen) atoms. The highest BCUT2D eigenvalue weighted by Gasteiger charge is 2.18. The largest absolute Gasteiger partial charge is 0.371 e. The molecule has 5 aromatic heterocycles. The average Bonchev–Trinajstić information content (AvgIpc) is 3.53. The lowest BCUT2D eigenvalue weighted by molar-refractivity contribution is 0.579.